The Bertz CT molecular complexity index is 269. The van der Waals surface area contributed by atoms with Crippen LogP contribution in [0.4, 0.5) is 0 Å². The molecule has 0 aromatic heterocycles. The minimum atomic E-state index is -0.663. The summed E-state index contributed by atoms with van der Waals surface area (Å²) in [5, 5.41) is 8.85. The lowest BCUT2D eigenvalue weighted by Gasteiger charge is -2.36. The number of likely N-dealkylation sites (tertiary alicyclic amines) is 1. The highest BCUT2D eigenvalue weighted by molar-refractivity contribution is 5.00. The summed E-state index contributed by atoms with van der Waals surface area (Å²) in [4.78, 5) is 4.82. The van der Waals surface area contributed by atoms with Crippen LogP contribution in [-0.2, 0) is 0 Å². The Morgan fingerprint density at radius 1 is 1.59 bits per heavy atom. The van der Waals surface area contributed by atoms with Gasteiger partial charge in [-0.15, -0.1) is 0 Å². The molecule has 1 aliphatic heterocycles. The summed E-state index contributed by atoms with van der Waals surface area (Å²) < 4.78 is 0. The molecule has 0 saturated carbocycles. The van der Waals surface area contributed by atoms with Crippen LogP contribution in [0.1, 0.15) is 32.6 Å². The van der Waals surface area contributed by atoms with E-state index in [-0.39, 0.29) is 0 Å². The molecule has 1 fully saturated rings. The van der Waals surface area contributed by atoms with Crippen LogP contribution < -0.4 is 5.73 Å². The van der Waals surface area contributed by atoms with Gasteiger partial charge in [-0.2, -0.15) is 5.26 Å². The fourth-order valence-electron chi connectivity index (χ4n) is 2.43. The third-order valence-corrected chi connectivity index (χ3v) is 3.69. The Balaban J connectivity index is 2.25. The summed E-state index contributed by atoms with van der Waals surface area (Å²) in [5.74, 6) is 0. The van der Waals surface area contributed by atoms with Crippen molar-refractivity contribution in [2.45, 2.75) is 44.2 Å². The van der Waals surface area contributed by atoms with Crippen LogP contribution in [0.15, 0.2) is 0 Å². The third-order valence-electron chi connectivity index (χ3n) is 3.69. The first-order valence-electron chi connectivity index (χ1n) is 6.53. The molecule has 98 valence electrons. The summed E-state index contributed by atoms with van der Waals surface area (Å²) in [7, 11) is 4.37. The van der Waals surface area contributed by atoms with E-state index in [1.807, 2.05) is 0 Å². The van der Waals surface area contributed by atoms with Gasteiger partial charge in [-0.25, -0.2) is 0 Å². The normalized spacial score (nSPS) is 25.5. The molecule has 0 aromatic rings. The highest BCUT2D eigenvalue weighted by atomic mass is 15.2. The minimum Gasteiger partial charge on any atom is -0.314 e. The number of hydrogen-bond donors (Lipinski definition) is 1. The highest BCUT2D eigenvalue weighted by Gasteiger charge is 2.22. The van der Waals surface area contributed by atoms with Gasteiger partial charge in [0.15, 0.2) is 0 Å². The zero-order valence-corrected chi connectivity index (χ0v) is 11.4. The average Bonchev–Trinajstić information content (AvgIpc) is 2.28. The molecule has 0 bridgehead atoms. The second-order valence-electron chi connectivity index (χ2n) is 5.67. The maximum atomic E-state index is 8.85. The summed E-state index contributed by atoms with van der Waals surface area (Å²) in [6.45, 7) is 5.22. The van der Waals surface area contributed by atoms with E-state index >= 15 is 0 Å². The third kappa shape index (κ3) is 5.03. The van der Waals surface area contributed by atoms with Crippen molar-refractivity contribution in [1.29, 1.82) is 5.26 Å². The van der Waals surface area contributed by atoms with Crippen molar-refractivity contribution in [2.24, 2.45) is 5.73 Å². The molecule has 2 atom stereocenters. The number of hydrogen-bond acceptors (Lipinski definition) is 4. The average molecular weight is 238 g/mol. The largest absolute Gasteiger partial charge is 0.314 e. The maximum absolute atomic E-state index is 8.85. The van der Waals surface area contributed by atoms with Crippen molar-refractivity contribution in [3.05, 3.63) is 0 Å². The Labute approximate surface area is 105 Å². The first-order chi connectivity index (χ1) is 7.94. The van der Waals surface area contributed by atoms with Crippen molar-refractivity contribution in [3.63, 3.8) is 0 Å². The van der Waals surface area contributed by atoms with Crippen LogP contribution in [-0.4, -0.2) is 55.1 Å². The number of nitriles is 1. The van der Waals surface area contributed by atoms with Crippen molar-refractivity contribution >= 4 is 0 Å². The van der Waals surface area contributed by atoms with Crippen LogP contribution in [0, 0.1) is 11.3 Å². The second kappa shape index (κ2) is 6.34. The van der Waals surface area contributed by atoms with E-state index in [1.165, 1.54) is 19.4 Å². The number of likely N-dealkylation sites (N-methyl/N-ethyl adjacent to an activating group) is 2. The minimum absolute atomic E-state index is 0.663. The van der Waals surface area contributed by atoms with Gasteiger partial charge >= 0.3 is 0 Å². The molecule has 0 spiro atoms. The smallest absolute Gasteiger partial charge is 0.101 e. The number of nitrogens with two attached hydrogens (primary N) is 1. The van der Waals surface area contributed by atoms with Crippen LogP contribution in [0.2, 0.25) is 0 Å². The van der Waals surface area contributed by atoms with Gasteiger partial charge in [0.05, 0.1) is 6.07 Å². The predicted octanol–water partition coefficient (Wildman–Crippen LogP) is 1.03. The molecule has 0 amide bonds. The molecule has 0 aliphatic carbocycles. The number of rotatable bonds is 5. The summed E-state index contributed by atoms with van der Waals surface area (Å²) >= 11 is 0. The fourth-order valence-corrected chi connectivity index (χ4v) is 2.43. The van der Waals surface area contributed by atoms with Crippen molar-refractivity contribution in [1.82, 2.24) is 9.80 Å². The first-order valence-corrected chi connectivity index (χ1v) is 6.53. The van der Waals surface area contributed by atoms with Gasteiger partial charge in [-0.1, -0.05) is 0 Å². The second-order valence-corrected chi connectivity index (χ2v) is 5.67. The Kier molecular flexibility index (Phi) is 5.38. The lowest BCUT2D eigenvalue weighted by Crippen LogP contribution is -2.45. The van der Waals surface area contributed by atoms with Crippen molar-refractivity contribution in [2.75, 3.05) is 33.7 Å². The van der Waals surface area contributed by atoms with Crippen LogP contribution in [0.25, 0.3) is 0 Å². The Morgan fingerprint density at radius 2 is 2.29 bits per heavy atom. The molecular formula is C13H26N4. The quantitative estimate of drug-likeness (QED) is 0.777. The first kappa shape index (κ1) is 14.4. The predicted molar refractivity (Wildman–Crippen MR) is 70.6 cm³/mol. The van der Waals surface area contributed by atoms with E-state index in [0.717, 1.165) is 25.9 Å². The van der Waals surface area contributed by atoms with E-state index in [4.69, 9.17) is 11.0 Å². The standard InChI is InChI=1S/C13H26N4/c1-13(15,11-14)7-5-9-17(3)12-6-4-8-16(2)10-12/h12H,4-10,15H2,1-3H3. The lowest BCUT2D eigenvalue weighted by molar-refractivity contribution is 0.132. The van der Waals surface area contributed by atoms with E-state index in [9.17, 15) is 0 Å². The molecule has 0 radical (unpaired) electrons. The van der Waals surface area contributed by atoms with Gasteiger partial charge in [0.1, 0.15) is 5.54 Å². The fraction of sp³-hybridized carbons (Fsp3) is 0.923. The van der Waals surface area contributed by atoms with Crippen LogP contribution in [0.3, 0.4) is 0 Å². The zero-order valence-electron chi connectivity index (χ0n) is 11.4. The zero-order chi connectivity index (χ0) is 12.9. The molecule has 17 heavy (non-hydrogen) atoms. The topological polar surface area (TPSA) is 56.3 Å². The molecular weight excluding hydrogens is 212 g/mol. The lowest BCUT2D eigenvalue weighted by atomic mass is 9.98. The van der Waals surface area contributed by atoms with Gasteiger partial charge in [-0.3, -0.25) is 0 Å². The van der Waals surface area contributed by atoms with E-state index < -0.39 is 5.54 Å². The molecule has 0 aromatic carbocycles. The van der Waals surface area contributed by atoms with Gasteiger partial charge < -0.3 is 15.5 Å². The van der Waals surface area contributed by atoms with E-state index in [2.05, 4.69) is 30.0 Å². The molecule has 4 nitrogen and oxygen atoms in total. The van der Waals surface area contributed by atoms with Crippen molar-refractivity contribution < 1.29 is 0 Å². The van der Waals surface area contributed by atoms with Gasteiger partial charge in [-0.05, 0) is 59.8 Å². The van der Waals surface area contributed by atoms with E-state index in [1.54, 1.807) is 6.92 Å². The van der Waals surface area contributed by atoms with Crippen LogP contribution in [0.5, 0.6) is 0 Å². The number of piperidine rings is 1. The summed E-state index contributed by atoms with van der Waals surface area (Å²) in [5.41, 5.74) is 5.15. The van der Waals surface area contributed by atoms with Gasteiger partial charge in [0, 0.05) is 12.6 Å². The molecule has 2 unspecified atom stereocenters. The Morgan fingerprint density at radius 3 is 2.88 bits per heavy atom. The monoisotopic (exact) mass is 238 g/mol. The van der Waals surface area contributed by atoms with Gasteiger partial charge in [0.2, 0.25) is 0 Å². The summed E-state index contributed by atoms with van der Waals surface area (Å²) in [6.07, 6.45) is 4.35. The molecule has 2 N–H and O–H groups in total. The Hall–Kier alpha value is -0.630. The SMILES string of the molecule is CN1CCCC(N(C)CCCC(C)(N)C#N)C1. The molecule has 1 rings (SSSR count). The molecule has 1 heterocycles. The van der Waals surface area contributed by atoms with Crippen molar-refractivity contribution in [3.8, 4) is 6.07 Å². The highest BCUT2D eigenvalue weighted by Crippen LogP contribution is 2.15. The van der Waals surface area contributed by atoms with E-state index in [0.29, 0.717) is 6.04 Å². The molecule has 4 heteroatoms. The van der Waals surface area contributed by atoms with Crippen LogP contribution >= 0.6 is 0 Å². The van der Waals surface area contributed by atoms with Gasteiger partial charge in [0.25, 0.3) is 0 Å². The number of nitrogens with zero attached hydrogens (tertiary/aromatic N) is 3. The summed E-state index contributed by atoms with van der Waals surface area (Å²) in [6, 6.07) is 2.82. The molecule has 1 saturated heterocycles. The maximum Gasteiger partial charge on any atom is 0.101 e. The molecule has 1 aliphatic rings.